The second-order valence-corrected chi connectivity index (χ2v) is 4.62. The van der Waals surface area contributed by atoms with Crippen LogP contribution in [0.5, 0.6) is 0 Å². The van der Waals surface area contributed by atoms with E-state index in [1.54, 1.807) is 6.07 Å². The molecule has 17 heavy (non-hydrogen) atoms. The van der Waals surface area contributed by atoms with Gasteiger partial charge in [-0.25, -0.2) is 4.39 Å². The van der Waals surface area contributed by atoms with Gasteiger partial charge < -0.3 is 10.1 Å². The highest BCUT2D eigenvalue weighted by atomic mass is 19.1. The van der Waals surface area contributed by atoms with E-state index >= 15 is 0 Å². The maximum absolute atomic E-state index is 12.9. The second-order valence-electron chi connectivity index (χ2n) is 4.62. The molecule has 0 radical (unpaired) electrons. The topological polar surface area (TPSA) is 21.3 Å². The fourth-order valence-corrected chi connectivity index (χ4v) is 2.21. The average molecular weight is 237 g/mol. The van der Waals surface area contributed by atoms with Gasteiger partial charge in [-0.1, -0.05) is 18.6 Å². The van der Waals surface area contributed by atoms with E-state index in [2.05, 4.69) is 5.32 Å². The molecular formula is C14H20FNO. The van der Waals surface area contributed by atoms with Crippen molar-refractivity contribution in [3.8, 4) is 0 Å². The van der Waals surface area contributed by atoms with Gasteiger partial charge in [-0.2, -0.15) is 0 Å². The zero-order chi connectivity index (χ0) is 11.9. The third-order valence-corrected chi connectivity index (χ3v) is 3.18. The summed E-state index contributed by atoms with van der Waals surface area (Å²) in [7, 11) is 0. The molecule has 0 bridgehead atoms. The van der Waals surface area contributed by atoms with Gasteiger partial charge in [-0.3, -0.25) is 0 Å². The van der Waals surface area contributed by atoms with Crippen LogP contribution in [-0.4, -0.2) is 19.2 Å². The maximum Gasteiger partial charge on any atom is 0.123 e. The highest BCUT2D eigenvalue weighted by Crippen LogP contribution is 2.11. The molecule has 1 aliphatic rings. The molecule has 1 aliphatic heterocycles. The van der Waals surface area contributed by atoms with Gasteiger partial charge in [0.2, 0.25) is 0 Å². The van der Waals surface area contributed by atoms with Crippen LogP contribution in [0.15, 0.2) is 24.3 Å². The van der Waals surface area contributed by atoms with E-state index < -0.39 is 0 Å². The van der Waals surface area contributed by atoms with Crippen LogP contribution in [0.2, 0.25) is 0 Å². The second kappa shape index (κ2) is 6.72. The van der Waals surface area contributed by atoms with Crippen LogP contribution in [0, 0.1) is 5.82 Å². The minimum atomic E-state index is -0.194. The van der Waals surface area contributed by atoms with E-state index in [-0.39, 0.29) is 5.82 Å². The molecule has 0 spiro atoms. The molecule has 3 heteroatoms. The molecule has 0 aromatic heterocycles. The molecule has 0 aliphatic carbocycles. The molecule has 1 fully saturated rings. The van der Waals surface area contributed by atoms with E-state index in [9.17, 15) is 4.39 Å². The summed E-state index contributed by atoms with van der Waals surface area (Å²) in [5.41, 5.74) is 0.904. The summed E-state index contributed by atoms with van der Waals surface area (Å²) in [6.07, 6.45) is 4.92. The van der Waals surface area contributed by atoms with Gasteiger partial charge in [-0.05, 0) is 43.5 Å². The molecule has 1 N–H and O–H groups in total. The summed E-state index contributed by atoms with van der Waals surface area (Å²) in [6, 6.07) is 7.20. The van der Waals surface area contributed by atoms with Crippen molar-refractivity contribution in [2.75, 3.05) is 13.2 Å². The first kappa shape index (κ1) is 12.5. The van der Waals surface area contributed by atoms with E-state index in [0.29, 0.717) is 12.6 Å². The van der Waals surface area contributed by atoms with Crippen LogP contribution in [0.4, 0.5) is 4.39 Å². The molecule has 94 valence electrons. The Kier molecular flexibility index (Phi) is 4.95. The third kappa shape index (κ3) is 4.44. The average Bonchev–Trinajstić information content (AvgIpc) is 2.36. The predicted octanol–water partition coefficient (Wildman–Crippen LogP) is 2.87. The smallest absolute Gasteiger partial charge is 0.123 e. The molecule has 1 aromatic carbocycles. The normalized spacial score (nSPS) is 20.4. The van der Waals surface area contributed by atoms with Crippen LogP contribution in [0.3, 0.4) is 0 Å². The molecule has 0 saturated carbocycles. The van der Waals surface area contributed by atoms with Crippen LogP contribution in [0.25, 0.3) is 0 Å². The number of hydrogen-bond donors (Lipinski definition) is 1. The van der Waals surface area contributed by atoms with Gasteiger partial charge in [0, 0.05) is 12.6 Å². The van der Waals surface area contributed by atoms with Gasteiger partial charge >= 0.3 is 0 Å². The van der Waals surface area contributed by atoms with Crippen LogP contribution < -0.4 is 5.32 Å². The van der Waals surface area contributed by atoms with Crippen LogP contribution >= 0.6 is 0 Å². The Balaban J connectivity index is 1.62. The lowest BCUT2D eigenvalue weighted by Gasteiger charge is -2.23. The van der Waals surface area contributed by atoms with E-state index in [1.165, 1.54) is 31.4 Å². The summed E-state index contributed by atoms with van der Waals surface area (Å²) in [4.78, 5) is 0. The number of ether oxygens (including phenoxy) is 1. The molecule has 1 atom stereocenters. The van der Waals surface area contributed by atoms with Crippen molar-refractivity contribution < 1.29 is 9.13 Å². The van der Waals surface area contributed by atoms with Crippen LogP contribution in [-0.2, 0) is 11.3 Å². The molecule has 0 amide bonds. The van der Waals surface area contributed by atoms with Gasteiger partial charge in [0.1, 0.15) is 5.82 Å². The first-order valence-corrected chi connectivity index (χ1v) is 6.40. The number of benzene rings is 1. The van der Waals surface area contributed by atoms with Gasteiger partial charge in [0.15, 0.2) is 0 Å². The summed E-state index contributed by atoms with van der Waals surface area (Å²) in [5, 5.41) is 3.49. The van der Waals surface area contributed by atoms with Crippen LogP contribution in [0.1, 0.15) is 31.2 Å². The van der Waals surface area contributed by atoms with Crippen molar-refractivity contribution in [1.82, 2.24) is 5.32 Å². The lowest BCUT2D eigenvalue weighted by Crippen LogP contribution is -2.34. The SMILES string of the molecule is Fc1cccc(COCC[C@@H]2CCCCN2)c1. The van der Waals surface area contributed by atoms with Crippen molar-refractivity contribution in [3.05, 3.63) is 35.6 Å². The number of hydrogen-bond acceptors (Lipinski definition) is 2. The first-order chi connectivity index (χ1) is 8.34. The van der Waals surface area contributed by atoms with Crippen molar-refractivity contribution in [1.29, 1.82) is 0 Å². The maximum atomic E-state index is 12.9. The first-order valence-electron chi connectivity index (χ1n) is 6.40. The summed E-state index contributed by atoms with van der Waals surface area (Å²) in [5.74, 6) is -0.194. The van der Waals surface area contributed by atoms with Gasteiger partial charge in [0.05, 0.1) is 6.61 Å². The number of halogens is 1. The minimum absolute atomic E-state index is 0.194. The molecule has 1 heterocycles. The van der Waals surface area contributed by atoms with E-state index in [4.69, 9.17) is 4.74 Å². The Labute approximate surface area is 102 Å². The number of nitrogens with one attached hydrogen (secondary N) is 1. The van der Waals surface area contributed by atoms with Crippen molar-refractivity contribution in [3.63, 3.8) is 0 Å². The Morgan fingerprint density at radius 1 is 1.35 bits per heavy atom. The third-order valence-electron chi connectivity index (χ3n) is 3.18. The Bertz CT molecular complexity index is 337. The summed E-state index contributed by atoms with van der Waals surface area (Å²) in [6.45, 7) is 2.38. The van der Waals surface area contributed by atoms with Crippen molar-refractivity contribution in [2.45, 2.75) is 38.3 Å². The lowest BCUT2D eigenvalue weighted by molar-refractivity contribution is 0.108. The number of piperidine rings is 1. The quantitative estimate of drug-likeness (QED) is 0.795. The Morgan fingerprint density at radius 2 is 2.29 bits per heavy atom. The fraction of sp³-hybridized carbons (Fsp3) is 0.571. The van der Waals surface area contributed by atoms with Crippen molar-refractivity contribution in [2.24, 2.45) is 0 Å². The highest BCUT2D eigenvalue weighted by molar-refractivity contribution is 5.15. The largest absolute Gasteiger partial charge is 0.377 e. The van der Waals surface area contributed by atoms with E-state index in [1.807, 2.05) is 6.07 Å². The zero-order valence-corrected chi connectivity index (χ0v) is 10.1. The Hall–Kier alpha value is -0.930. The minimum Gasteiger partial charge on any atom is -0.377 e. The molecule has 2 rings (SSSR count). The number of rotatable bonds is 5. The van der Waals surface area contributed by atoms with E-state index in [0.717, 1.165) is 25.1 Å². The predicted molar refractivity (Wildman–Crippen MR) is 66.3 cm³/mol. The highest BCUT2D eigenvalue weighted by Gasteiger charge is 2.11. The molecule has 0 unspecified atom stereocenters. The molecular weight excluding hydrogens is 217 g/mol. The lowest BCUT2D eigenvalue weighted by atomic mass is 10.0. The zero-order valence-electron chi connectivity index (χ0n) is 10.1. The standard InChI is InChI=1S/C14H20FNO/c15-13-5-3-4-12(10-13)11-17-9-7-14-6-1-2-8-16-14/h3-5,10,14,16H,1-2,6-9,11H2/t14-/m0/s1. The monoisotopic (exact) mass is 237 g/mol. The summed E-state index contributed by atoms with van der Waals surface area (Å²) >= 11 is 0. The van der Waals surface area contributed by atoms with Crippen molar-refractivity contribution >= 4 is 0 Å². The molecule has 1 aromatic rings. The Morgan fingerprint density at radius 3 is 3.06 bits per heavy atom. The fourth-order valence-electron chi connectivity index (χ4n) is 2.21. The van der Waals surface area contributed by atoms with Gasteiger partial charge in [-0.15, -0.1) is 0 Å². The molecule has 1 saturated heterocycles. The summed E-state index contributed by atoms with van der Waals surface area (Å²) < 4.78 is 18.5. The van der Waals surface area contributed by atoms with Gasteiger partial charge in [0.25, 0.3) is 0 Å². The molecule has 2 nitrogen and oxygen atoms in total.